The molecule has 3 saturated heterocycles. The van der Waals surface area contributed by atoms with Crippen molar-refractivity contribution in [3.05, 3.63) is 95.8 Å². The summed E-state index contributed by atoms with van der Waals surface area (Å²) in [5, 5.41) is 4.31. The molecule has 2 atom stereocenters. The van der Waals surface area contributed by atoms with Gasteiger partial charge in [-0.05, 0) is 105 Å². The molecule has 3 aromatic carbocycles. The number of piperidine rings is 1. The van der Waals surface area contributed by atoms with Crippen LogP contribution in [0.2, 0.25) is 0 Å². The van der Waals surface area contributed by atoms with E-state index in [1.807, 2.05) is 24.3 Å². The zero-order chi connectivity index (χ0) is 44.2. The van der Waals surface area contributed by atoms with Gasteiger partial charge in [-0.25, -0.2) is 18.1 Å². The molecule has 4 aliphatic heterocycles. The van der Waals surface area contributed by atoms with Crippen LogP contribution in [-0.2, 0) is 10.0 Å². The summed E-state index contributed by atoms with van der Waals surface area (Å²) in [7, 11) is -2.25. The van der Waals surface area contributed by atoms with Crippen LogP contribution in [0.15, 0.2) is 84.0 Å². The van der Waals surface area contributed by atoms with E-state index in [-0.39, 0.29) is 27.9 Å². The predicted molar refractivity (Wildman–Crippen MR) is 251 cm³/mol. The zero-order valence-electron chi connectivity index (χ0n) is 37.2. The summed E-state index contributed by atoms with van der Waals surface area (Å²) in [5.41, 5.74) is 12.3. The minimum atomic E-state index is -4.38. The number of carbonyl (C=O) groups is 1. The third-order valence-corrected chi connectivity index (χ3v) is 15.9. The van der Waals surface area contributed by atoms with E-state index in [0.717, 1.165) is 69.7 Å². The zero-order valence-corrected chi connectivity index (χ0v) is 38.0. The molecule has 15 heteroatoms. The summed E-state index contributed by atoms with van der Waals surface area (Å²) in [6.45, 7) is 12.6. The number of nitrogens with two attached hydrogens (primary N) is 1. The van der Waals surface area contributed by atoms with Gasteiger partial charge in [0, 0.05) is 87.3 Å². The van der Waals surface area contributed by atoms with E-state index in [2.05, 4.69) is 84.8 Å². The molecule has 2 unspecified atom stereocenters. The van der Waals surface area contributed by atoms with Gasteiger partial charge < -0.3 is 35.3 Å². The Balaban J connectivity index is 0.832. The van der Waals surface area contributed by atoms with Crippen molar-refractivity contribution in [2.45, 2.75) is 81.3 Å². The summed E-state index contributed by atoms with van der Waals surface area (Å²) in [5.74, 6) is 0.674. The number of rotatable bonds is 11. The first-order valence-electron chi connectivity index (χ1n) is 23.1. The maximum atomic E-state index is 14.1. The van der Waals surface area contributed by atoms with E-state index >= 15 is 0 Å². The maximum Gasteiger partial charge on any atom is 0.268 e. The Bertz CT molecular complexity index is 2630. The van der Waals surface area contributed by atoms with Crippen molar-refractivity contribution in [1.82, 2.24) is 29.4 Å². The van der Waals surface area contributed by atoms with Crippen LogP contribution in [0.4, 0.5) is 17.1 Å². The molecule has 0 bridgehead atoms. The van der Waals surface area contributed by atoms with Crippen LogP contribution in [0.25, 0.3) is 11.0 Å². The fourth-order valence-electron chi connectivity index (χ4n) is 11.0. The second-order valence-electron chi connectivity index (χ2n) is 19.2. The predicted octanol–water partition coefficient (Wildman–Crippen LogP) is 7.19. The lowest BCUT2D eigenvalue weighted by Crippen LogP contribution is -2.54. The number of aromatic amines is 1. The van der Waals surface area contributed by atoms with Gasteiger partial charge in [-0.15, -0.1) is 0 Å². The number of amides is 1. The maximum absolute atomic E-state index is 14.1. The van der Waals surface area contributed by atoms with Crippen molar-refractivity contribution in [3.8, 4) is 17.2 Å². The molecule has 6 heterocycles. The Labute approximate surface area is 376 Å². The number of nitrogens with one attached hydrogen (secondary N) is 3. The normalized spacial score (nSPS) is 22.0. The quantitative estimate of drug-likeness (QED) is 0.0991. The summed E-state index contributed by atoms with van der Waals surface area (Å²) in [4.78, 5) is 31.3. The monoisotopic (exact) mass is 887 g/mol. The molecule has 1 saturated carbocycles. The Morgan fingerprint density at radius 2 is 1.80 bits per heavy atom. The summed E-state index contributed by atoms with van der Waals surface area (Å²) < 4.78 is 42.6. The highest BCUT2D eigenvalue weighted by atomic mass is 32.2. The number of aromatic nitrogens is 2. The Morgan fingerprint density at radius 3 is 2.59 bits per heavy atom. The highest BCUT2D eigenvalue weighted by Crippen LogP contribution is 2.54. The molecule has 5 N–H and O–H groups in total. The summed E-state index contributed by atoms with van der Waals surface area (Å²) in [6.07, 6.45) is 10.5. The number of H-pyrrole nitrogens is 1. The number of piperazine rings is 1. The van der Waals surface area contributed by atoms with Gasteiger partial charge in [0.2, 0.25) is 0 Å². The molecule has 338 valence electrons. The third kappa shape index (κ3) is 8.50. The first-order valence-corrected chi connectivity index (χ1v) is 24.5. The van der Waals surface area contributed by atoms with Crippen molar-refractivity contribution in [2.24, 2.45) is 5.41 Å². The molecule has 1 aliphatic carbocycles. The number of anilines is 3. The molecule has 64 heavy (non-hydrogen) atoms. The van der Waals surface area contributed by atoms with Crippen molar-refractivity contribution in [2.75, 3.05) is 82.0 Å². The fourth-order valence-corrected chi connectivity index (χ4v) is 12.0. The van der Waals surface area contributed by atoms with Crippen LogP contribution in [-0.4, -0.2) is 117 Å². The van der Waals surface area contributed by atoms with E-state index in [9.17, 15) is 13.2 Å². The lowest BCUT2D eigenvalue weighted by atomic mass is 9.59. The average Bonchev–Trinajstić information content (AvgIpc) is 3.96. The highest BCUT2D eigenvalue weighted by molar-refractivity contribution is 7.90. The van der Waals surface area contributed by atoms with Gasteiger partial charge in [-0.1, -0.05) is 38.1 Å². The number of hydrogen-bond acceptors (Lipinski definition) is 12. The smallest absolute Gasteiger partial charge is 0.268 e. The van der Waals surface area contributed by atoms with Gasteiger partial charge in [-0.2, -0.15) is 0 Å². The van der Waals surface area contributed by atoms with Crippen LogP contribution < -0.4 is 30.1 Å². The molecule has 10 rings (SSSR count). The number of nitrogens with zero attached hydrogens (tertiary/aromatic N) is 5. The lowest BCUT2D eigenvalue weighted by molar-refractivity contribution is -0.0227. The number of likely N-dealkylation sites (tertiary alicyclic amines) is 1. The standard InChI is InChI=1S/C49H61N9O5S/c1-32(2)39-7-4-5-8-40(39)43-9-6-16-58(43)36-27-49(28-36)13-17-57(18-14-49)35-10-11-41(44(24-35)63-37-23-33-12-15-51-47(33)52-29-37)48(59)54-64(60,61)38-25-42(50)46-45(26-38)62-31-34(53-46)30-56-21-19-55(3)20-22-56/h4-5,7-8,10-12,15,23-26,29,32,34,36,43,53H,6,9,13-14,16-22,27-28,30-31,50H2,1-3H3,(H,51,52)(H,54,59). The number of benzene rings is 3. The molecule has 5 aromatic rings. The van der Waals surface area contributed by atoms with Crippen LogP contribution in [0.3, 0.4) is 0 Å². The van der Waals surface area contributed by atoms with Crippen LogP contribution in [0.1, 0.15) is 85.8 Å². The Kier molecular flexibility index (Phi) is 11.5. The summed E-state index contributed by atoms with van der Waals surface area (Å²) in [6, 6.07) is 22.1. The average molecular weight is 888 g/mol. The molecule has 4 fully saturated rings. The van der Waals surface area contributed by atoms with Crippen LogP contribution in [0, 0.1) is 5.41 Å². The van der Waals surface area contributed by atoms with Gasteiger partial charge in [-0.3, -0.25) is 14.6 Å². The third-order valence-electron chi connectivity index (χ3n) is 14.6. The molecule has 1 spiro atoms. The second kappa shape index (κ2) is 17.2. The molecular formula is C49H61N9O5S. The first kappa shape index (κ1) is 42.6. The van der Waals surface area contributed by atoms with Gasteiger partial charge in [0.05, 0.1) is 28.4 Å². The van der Waals surface area contributed by atoms with Crippen LogP contribution >= 0.6 is 0 Å². The van der Waals surface area contributed by atoms with E-state index in [4.69, 9.17) is 15.2 Å². The van der Waals surface area contributed by atoms with E-state index in [1.165, 1.54) is 55.5 Å². The van der Waals surface area contributed by atoms with Gasteiger partial charge in [0.1, 0.15) is 35.2 Å². The number of nitrogen functional groups attached to an aromatic ring is 1. The number of hydrogen-bond donors (Lipinski definition) is 4. The second-order valence-corrected chi connectivity index (χ2v) is 20.9. The van der Waals surface area contributed by atoms with Crippen molar-refractivity contribution >= 4 is 44.0 Å². The lowest BCUT2D eigenvalue weighted by Gasteiger charge is -2.56. The van der Waals surface area contributed by atoms with E-state index in [1.54, 1.807) is 18.5 Å². The topological polar surface area (TPSA) is 161 Å². The van der Waals surface area contributed by atoms with Gasteiger partial charge in [0.15, 0.2) is 0 Å². The van der Waals surface area contributed by atoms with Gasteiger partial charge >= 0.3 is 0 Å². The number of ether oxygens (including phenoxy) is 2. The number of sulfonamides is 1. The highest BCUT2D eigenvalue weighted by Gasteiger charge is 2.50. The Morgan fingerprint density at radius 1 is 1.00 bits per heavy atom. The first-order chi connectivity index (χ1) is 30.9. The largest absolute Gasteiger partial charge is 0.489 e. The molecule has 0 radical (unpaired) electrons. The minimum absolute atomic E-state index is 0.00187. The molecule has 5 aliphatic rings. The SMILES string of the molecule is CC(C)c1ccccc1C1CCCN1C1CC2(CCN(c3ccc(C(=O)NS(=O)(=O)c4cc(N)c5c(c4)OCC(CN4CCN(C)CC4)N5)c(Oc4cnc5[nH]ccc5c4)c3)CC2)C1. The molecule has 1 amide bonds. The van der Waals surface area contributed by atoms with Crippen molar-refractivity contribution in [1.29, 1.82) is 0 Å². The fraction of sp³-hybridized carbons (Fsp3) is 0.469. The Hall–Kier alpha value is -5.35. The number of carbonyl (C=O) groups excluding carboxylic acids is 1. The molecule has 2 aromatic heterocycles. The minimum Gasteiger partial charge on any atom is -0.489 e. The van der Waals surface area contributed by atoms with E-state index in [0.29, 0.717) is 52.9 Å². The molecule has 14 nitrogen and oxygen atoms in total. The number of fused-ring (bicyclic) bond motifs is 2. The summed E-state index contributed by atoms with van der Waals surface area (Å²) >= 11 is 0. The number of likely N-dealkylation sites (N-methyl/N-ethyl adjacent to an activating group) is 1. The van der Waals surface area contributed by atoms with Crippen LogP contribution in [0.5, 0.6) is 17.2 Å². The molecular weight excluding hydrogens is 827 g/mol. The number of pyridine rings is 1. The van der Waals surface area contributed by atoms with Gasteiger partial charge in [0.25, 0.3) is 15.9 Å². The van der Waals surface area contributed by atoms with E-state index < -0.39 is 15.9 Å². The van der Waals surface area contributed by atoms with Crippen molar-refractivity contribution in [3.63, 3.8) is 0 Å². The van der Waals surface area contributed by atoms with Crippen molar-refractivity contribution < 1.29 is 22.7 Å².